The van der Waals surface area contributed by atoms with E-state index in [0.29, 0.717) is 0 Å². The average Bonchev–Trinajstić information content (AvgIpc) is 1.98. The first-order valence-corrected chi connectivity index (χ1v) is 2.96. The molecule has 0 saturated heterocycles. The van der Waals surface area contributed by atoms with E-state index in [-0.39, 0.29) is 48.1 Å². The molecule has 12 heavy (non-hydrogen) atoms. The van der Waals surface area contributed by atoms with Gasteiger partial charge in [-0.3, -0.25) is 6.08 Å². The van der Waals surface area contributed by atoms with Crippen LogP contribution < -0.4 is 0 Å². The molecule has 0 amide bonds. The van der Waals surface area contributed by atoms with Gasteiger partial charge in [0.15, 0.2) is 0 Å². The Balaban J connectivity index is -0.0000000800. The van der Waals surface area contributed by atoms with Crippen molar-refractivity contribution in [1.29, 1.82) is 0 Å². The van der Waals surface area contributed by atoms with Crippen LogP contribution in [0.25, 0.3) is 0 Å². The Labute approximate surface area is 97.9 Å². The molecule has 0 heterocycles. The maximum atomic E-state index is 3.26. The van der Waals surface area contributed by atoms with E-state index in [1.54, 1.807) is 0 Å². The van der Waals surface area contributed by atoms with Gasteiger partial charge in [-0.15, -0.1) is 13.3 Å². The van der Waals surface area contributed by atoms with Gasteiger partial charge in [-0.25, -0.2) is 5.57 Å². The van der Waals surface area contributed by atoms with Crippen molar-refractivity contribution in [2.24, 2.45) is 0 Å². The van der Waals surface area contributed by atoms with Gasteiger partial charge in [-0.2, -0.15) is 11.1 Å². The molecule has 0 nitrogen and oxygen atoms in total. The molecule has 0 spiro atoms. The molecule has 0 N–H and O–H groups in total. The summed E-state index contributed by atoms with van der Waals surface area (Å²) in [5.41, 5.74) is 4.25. The third kappa shape index (κ3) is 5.08. The number of hydrogen-bond donors (Lipinski definition) is 0. The van der Waals surface area contributed by atoms with Gasteiger partial charge in [0, 0.05) is 0 Å². The quantitative estimate of drug-likeness (QED) is 0.468. The topological polar surface area (TPSA) is 0 Å². The monoisotopic (exact) mass is 332 g/mol. The zero-order valence-corrected chi connectivity index (χ0v) is 12.8. The van der Waals surface area contributed by atoms with Gasteiger partial charge in [0.05, 0.1) is 0 Å². The molecule has 0 radical (unpaired) electrons. The zero-order valence-electron chi connectivity index (χ0n) is 9.21. The summed E-state index contributed by atoms with van der Waals surface area (Å²) >= 11 is 0. The molecule has 1 aliphatic rings. The zero-order chi connectivity index (χ0) is 6.15. The SMILES string of the molecule is CC1=[C-]CC(C)=C1C.[CH3-].[CH3-].[CH3-].[Hf+4]. The number of hydrogen-bond acceptors (Lipinski definition) is 0. The minimum absolute atomic E-state index is 0. The average molecular weight is 331 g/mol. The molecule has 1 aliphatic carbocycles. The molecule has 0 atom stereocenters. The Bertz CT molecular complexity index is 158. The largest absolute Gasteiger partial charge is 4.00 e. The van der Waals surface area contributed by atoms with Crippen LogP contribution in [0.5, 0.6) is 0 Å². The summed E-state index contributed by atoms with van der Waals surface area (Å²) in [4.78, 5) is 0. The first-order valence-electron chi connectivity index (χ1n) is 2.96. The molecule has 0 unspecified atom stereocenters. The molecule has 0 fully saturated rings. The Kier molecular flexibility index (Phi) is 17.9. The van der Waals surface area contributed by atoms with E-state index in [4.69, 9.17) is 0 Å². The smallest absolute Gasteiger partial charge is 0.358 e. The molecule has 0 aromatic carbocycles. The van der Waals surface area contributed by atoms with Crippen LogP contribution in [0.2, 0.25) is 0 Å². The third-order valence-corrected chi connectivity index (χ3v) is 1.82. The second-order valence-corrected chi connectivity index (χ2v) is 2.38. The first kappa shape index (κ1) is 22.8. The summed E-state index contributed by atoms with van der Waals surface area (Å²) in [6.07, 6.45) is 4.31. The maximum Gasteiger partial charge on any atom is 4.00 e. The van der Waals surface area contributed by atoms with E-state index in [1.165, 1.54) is 16.7 Å². The molecule has 0 aromatic rings. The van der Waals surface area contributed by atoms with E-state index >= 15 is 0 Å². The van der Waals surface area contributed by atoms with Gasteiger partial charge in [0.1, 0.15) is 0 Å². The molecule has 0 aliphatic heterocycles. The van der Waals surface area contributed by atoms with Crippen molar-refractivity contribution in [2.75, 3.05) is 0 Å². The van der Waals surface area contributed by atoms with Crippen LogP contribution >= 0.6 is 0 Å². The molecular formula is C11H20Hf. The molecule has 1 heteroatoms. The number of rotatable bonds is 0. The molecule has 0 bridgehead atoms. The molecule has 68 valence electrons. The van der Waals surface area contributed by atoms with Crippen molar-refractivity contribution >= 4 is 0 Å². The van der Waals surface area contributed by atoms with Crippen LogP contribution in [0.1, 0.15) is 27.2 Å². The van der Waals surface area contributed by atoms with E-state index in [9.17, 15) is 0 Å². The Morgan fingerprint density at radius 3 is 1.50 bits per heavy atom. The fourth-order valence-corrected chi connectivity index (χ4v) is 0.850. The summed E-state index contributed by atoms with van der Waals surface area (Å²) in [7, 11) is 0. The molecule has 0 aromatic heterocycles. The summed E-state index contributed by atoms with van der Waals surface area (Å²) in [5, 5.41) is 0. The normalized spacial score (nSPS) is 13.1. The minimum Gasteiger partial charge on any atom is -0.358 e. The third-order valence-electron chi connectivity index (χ3n) is 1.82. The van der Waals surface area contributed by atoms with Crippen molar-refractivity contribution in [2.45, 2.75) is 27.2 Å². The van der Waals surface area contributed by atoms with E-state index in [0.717, 1.165) is 6.42 Å². The summed E-state index contributed by atoms with van der Waals surface area (Å²) in [5.74, 6) is 0. The Morgan fingerprint density at radius 2 is 1.42 bits per heavy atom. The van der Waals surface area contributed by atoms with Crippen LogP contribution in [0, 0.1) is 28.4 Å². The number of allylic oxidation sites excluding steroid dienone is 4. The molecular weight excluding hydrogens is 311 g/mol. The second-order valence-electron chi connectivity index (χ2n) is 2.38. The minimum atomic E-state index is 0. The van der Waals surface area contributed by atoms with Gasteiger partial charge in [0.25, 0.3) is 0 Å². The summed E-state index contributed by atoms with van der Waals surface area (Å²) in [6.45, 7) is 6.44. The summed E-state index contributed by atoms with van der Waals surface area (Å²) in [6, 6.07) is 0. The van der Waals surface area contributed by atoms with Crippen LogP contribution in [-0.2, 0) is 25.8 Å². The Hall–Kier alpha value is 0.350. The maximum absolute atomic E-state index is 3.26. The van der Waals surface area contributed by atoms with Crippen molar-refractivity contribution in [3.05, 3.63) is 45.1 Å². The van der Waals surface area contributed by atoms with Gasteiger partial charge >= 0.3 is 25.8 Å². The molecule has 0 saturated carbocycles. The van der Waals surface area contributed by atoms with Crippen molar-refractivity contribution in [3.63, 3.8) is 0 Å². The van der Waals surface area contributed by atoms with Gasteiger partial charge < -0.3 is 22.3 Å². The van der Waals surface area contributed by atoms with Crippen LogP contribution in [0.4, 0.5) is 0 Å². The van der Waals surface area contributed by atoms with Crippen molar-refractivity contribution in [1.82, 2.24) is 0 Å². The van der Waals surface area contributed by atoms with Gasteiger partial charge in [0.2, 0.25) is 0 Å². The van der Waals surface area contributed by atoms with Gasteiger partial charge in [-0.05, 0) is 0 Å². The van der Waals surface area contributed by atoms with Crippen molar-refractivity contribution < 1.29 is 25.8 Å². The standard InChI is InChI=1S/C8H11.3CH3.Hf/c1-6-4-5-7(2)8(6)3;;;;/h4H2,1-3H3;3*1H3;/q4*-1;+4. The van der Waals surface area contributed by atoms with Crippen molar-refractivity contribution in [3.8, 4) is 0 Å². The first-order chi connectivity index (χ1) is 3.72. The fourth-order valence-electron chi connectivity index (χ4n) is 0.850. The second kappa shape index (κ2) is 9.44. The molecule has 1 rings (SSSR count). The van der Waals surface area contributed by atoms with E-state index < -0.39 is 0 Å². The predicted molar refractivity (Wildman–Crippen MR) is 54.7 cm³/mol. The van der Waals surface area contributed by atoms with E-state index in [2.05, 4.69) is 26.8 Å². The fraction of sp³-hybridized carbons (Fsp3) is 0.364. The summed E-state index contributed by atoms with van der Waals surface area (Å²) < 4.78 is 0. The van der Waals surface area contributed by atoms with Crippen LogP contribution in [0.15, 0.2) is 16.7 Å². The van der Waals surface area contributed by atoms with Gasteiger partial charge in [-0.1, -0.05) is 13.8 Å². The Morgan fingerprint density at radius 1 is 1.00 bits per heavy atom. The van der Waals surface area contributed by atoms with E-state index in [1.807, 2.05) is 0 Å². The predicted octanol–water partition coefficient (Wildman–Crippen LogP) is 3.82. The van der Waals surface area contributed by atoms with Crippen LogP contribution in [0.3, 0.4) is 0 Å². The van der Waals surface area contributed by atoms with Crippen LogP contribution in [-0.4, -0.2) is 0 Å².